The number of nitrogens with one attached hydrogen (secondary N) is 2. The Labute approximate surface area is 171 Å². The summed E-state index contributed by atoms with van der Waals surface area (Å²) in [6.45, 7) is 6.06. The number of hydrogen-bond acceptors (Lipinski definition) is 3. The molecule has 1 aromatic heterocycles. The largest absolute Gasteiger partial charge is 0.346 e. The van der Waals surface area contributed by atoms with Crippen molar-refractivity contribution in [1.29, 1.82) is 0 Å². The van der Waals surface area contributed by atoms with Crippen molar-refractivity contribution in [2.75, 3.05) is 5.32 Å². The molecule has 0 spiro atoms. The Bertz CT molecular complexity index is 1000. The van der Waals surface area contributed by atoms with Crippen LogP contribution in [0.3, 0.4) is 0 Å². The molecule has 5 nitrogen and oxygen atoms in total. The van der Waals surface area contributed by atoms with Gasteiger partial charge in [-0.25, -0.2) is 0 Å². The molecule has 0 fully saturated rings. The molecule has 2 N–H and O–H groups in total. The van der Waals surface area contributed by atoms with Gasteiger partial charge >= 0.3 is 0 Å². The van der Waals surface area contributed by atoms with Gasteiger partial charge in [-0.3, -0.25) is 14.6 Å². The van der Waals surface area contributed by atoms with Gasteiger partial charge in [0, 0.05) is 17.4 Å². The summed E-state index contributed by atoms with van der Waals surface area (Å²) in [6.07, 6.45) is 1.48. The van der Waals surface area contributed by atoms with Crippen LogP contribution >= 0.6 is 0 Å². The van der Waals surface area contributed by atoms with Crippen LogP contribution < -0.4 is 10.6 Å². The molecule has 0 radical (unpaired) electrons. The predicted molar refractivity (Wildman–Crippen MR) is 115 cm³/mol. The monoisotopic (exact) mass is 387 g/mol. The number of anilines is 1. The van der Waals surface area contributed by atoms with Gasteiger partial charge in [0.1, 0.15) is 5.69 Å². The fourth-order valence-corrected chi connectivity index (χ4v) is 3.10. The van der Waals surface area contributed by atoms with E-state index >= 15 is 0 Å². The van der Waals surface area contributed by atoms with E-state index in [1.165, 1.54) is 12.3 Å². The van der Waals surface area contributed by atoms with Crippen molar-refractivity contribution in [3.8, 4) is 0 Å². The maximum atomic E-state index is 12.7. The van der Waals surface area contributed by atoms with E-state index in [0.29, 0.717) is 5.56 Å². The molecule has 0 bridgehead atoms. The third kappa shape index (κ3) is 5.08. The van der Waals surface area contributed by atoms with E-state index < -0.39 is 0 Å². The molecule has 3 rings (SSSR count). The van der Waals surface area contributed by atoms with E-state index in [1.54, 1.807) is 6.07 Å². The third-order valence-corrected chi connectivity index (χ3v) is 4.73. The van der Waals surface area contributed by atoms with Gasteiger partial charge in [-0.15, -0.1) is 0 Å². The summed E-state index contributed by atoms with van der Waals surface area (Å²) in [4.78, 5) is 29.5. The number of benzene rings is 2. The molecule has 2 amide bonds. The molecule has 0 aliphatic heterocycles. The maximum Gasteiger partial charge on any atom is 0.274 e. The second kappa shape index (κ2) is 9.15. The highest BCUT2D eigenvalue weighted by Gasteiger charge is 2.16. The number of amides is 2. The third-order valence-electron chi connectivity index (χ3n) is 4.73. The molecule has 29 heavy (non-hydrogen) atoms. The molecule has 0 aliphatic carbocycles. The Kier molecular flexibility index (Phi) is 6.39. The van der Waals surface area contributed by atoms with E-state index in [9.17, 15) is 9.59 Å². The van der Waals surface area contributed by atoms with Gasteiger partial charge in [-0.1, -0.05) is 62.4 Å². The van der Waals surface area contributed by atoms with Crippen LogP contribution in [0.2, 0.25) is 0 Å². The van der Waals surface area contributed by atoms with Gasteiger partial charge in [0.2, 0.25) is 0 Å². The number of rotatable bonds is 6. The van der Waals surface area contributed by atoms with Crippen molar-refractivity contribution in [1.82, 2.24) is 10.3 Å². The van der Waals surface area contributed by atoms with E-state index in [-0.39, 0.29) is 29.5 Å². The van der Waals surface area contributed by atoms with Crippen LogP contribution in [-0.4, -0.2) is 16.8 Å². The zero-order valence-corrected chi connectivity index (χ0v) is 16.8. The fourth-order valence-electron chi connectivity index (χ4n) is 3.10. The molecular weight excluding hydrogens is 362 g/mol. The zero-order valence-electron chi connectivity index (χ0n) is 16.8. The molecule has 1 atom stereocenters. The molecule has 2 aromatic carbocycles. The van der Waals surface area contributed by atoms with E-state index in [2.05, 4.69) is 29.5 Å². The number of nitrogens with zero attached hydrogens (tertiary/aromatic N) is 1. The number of carbonyl (C=O) groups is 2. The van der Waals surface area contributed by atoms with Gasteiger partial charge in [0.25, 0.3) is 11.8 Å². The Balaban J connectivity index is 1.74. The first kappa shape index (κ1) is 20.3. The Hall–Kier alpha value is -3.47. The van der Waals surface area contributed by atoms with Crippen molar-refractivity contribution in [3.63, 3.8) is 0 Å². The summed E-state index contributed by atoms with van der Waals surface area (Å²) in [7, 11) is 0. The van der Waals surface area contributed by atoms with E-state index in [1.807, 2.05) is 61.5 Å². The number of para-hydroxylation sites is 1. The summed E-state index contributed by atoms with van der Waals surface area (Å²) in [5.74, 6) is -0.319. The lowest BCUT2D eigenvalue weighted by atomic mass is 10.0. The topological polar surface area (TPSA) is 71.1 Å². The minimum atomic E-state index is -0.344. The van der Waals surface area contributed by atoms with Crippen LogP contribution in [0.5, 0.6) is 0 Å². The lowest BCUT2D eigenvalue weighted by Gasteiger charge is -2.15. The lowest BCUT2D eigenvalue weighted by molar-refractivity contribution is 0.0939. The number of carbonyl (C=O) groups excluding carboxylic acids is 2. The summed E-state index contributed by atoms with van der Waals surface area (Å²) in [5.41, 5.74) is 3.40. The summed E-state index contributed by atoms with van der Waals surface area (Å²) < 4.78 is 0. The summed E-state index contributed by atoms with van der Waals surface area (Å²) >= 11 is 0. The zero-order chi connectivity index (χ0) is 20.8. The van der Waals surface area contributed by atoms with Crippen LogP contribution in [-0.2, 0) is 0 Å². The second-order valence-electron chi connectivity index (χ2n) is 7.23. The van der Waals surface area contributed by atoms with Crippen LogP contribution in [0.1, 0.15) is 64.7 Å². The first-order valence-corrected chi connectivity index (χ1v) is 9.68. The molecule has 3 aromatic rings. The smallest absolute Gasteiger partial charge is 0.274 e. The Morgan fingerprint density at radius 1 is 0.862 bits per heavy atom. The fraction of sp³-hybridized carbons (Fsp3) is 0.208. The van der Waals surface area contributed by atoms with Crippen molar-refractivity contribution in [2.24, 2.45) is 0 Å². The SMILES string of the molecule is CC(C)c1ccccc1NC(=O)c1cc(C(=O)NC(C)c2ccccc2)ccn1. The van der Waals surface area contributed by atoms with Crippen LogP contribution in [0.15, 0.2) is 72.9 Å². The van der Waals surface area contributed by atoms with Gasteiger partial charge in [-0.05, 0) is 42.2 Å². The van der Waals surface area contributed by atoms with Crippen LogP contribution in [0.25, 0.3) is 0 Å². The molecule has 0 saturated carbocycles. The number of pyridine rings is 1. The quantitative estimate of drug-likeness (QED) is 0.629. The van der Waals surface area contributed by atoms with Crippen molar-refractivity contribution < 1.29 is 9.59 Å². The average Bonchev–Trinajstić information content (AvgIpc) is 2.74. The van der Waals surface area contributed by atoms with E-state index in [0.717, 1.165) is 16.8 Å². The van der Waals surface area contributed by atoms with Gasteiger partial charge < -0.3 is 10.6 Å². The Morgan fingerprint density at radius 3 is 2.28 bits per heavy atom. The molecular formula is C24H25N3O2. The maximum absolute atomic E-state index is 12.7. The van der Waals surface area contributed by atoms with Crippen molar-refractivity contribution >= 4 is 17.5 Å². The molecule has 5 heteroatoms. The highest BCUT2D eigenvalue weighted by atomic mass is 16.2. The molecule has 1 unspecified atom stereocenters. The van der Waals surface area contributed by atoms with E-state index in [4.69, 9.17) is 0 Å². The van der Waals surface area contributed by atoms with Gasteiger partial charge in [-0.2, -0.15) is 0 Å². The summed E-state index contributed by atoms with van der Waals surface area (Å²) in [5, 5.41) is 5.86. The normalized spacial score (nSPS) is 11.7. The number of hydrogen-bond donors (Lipinski definition) is 2. The minimum Gasteiger partial charge on any atom is -0.346 e. The summed E-state index contributed by atoms with van der Waals surface area (Å²) in [6, 6.07) is 20.4. The molecule has 148 valence electrons. The Morgan fingerprint density at radius 2 is 1.55 bits per heavy atom. The average molecular weight is 387 g/mol. The van der Waals surface area contributed by atoms with Crippen LogP contribution in [0, 0.1) is 0 Å². The highest BCUT2D eigenvalue weighted by Crippen LogP contribution is 2.24. The molecule has 0 saturated heterocycles. The standard InChI is InChI=1S/C24H25N3O2/c1-16(2)20-11-7-8-12-21(20)27-24(29)22-15-19(13-14-25-22)23(28)26-17(3)18-9-5-4-6-10-18/h4-17H,1-3H3,(H,26,28)(H,27,29). The number of aromatic nitrogens is 1. The first-order valence-electron chi connectivity index (χ1n) is 9.68. The van der Waals surface area contributed by atoms with Crippen molar-refractivity contribution in [3.05, 3.63) is 95.3 Å². The minimum absolute atomic E-state index is 0.146. The predicted octanol–water partition coefficient (Wildman–Crippen LogP) is 4.95. The van der Waals surface area contributed by atoms with Crippen molar-refractivity contribution in [2.45, 2.75) is 32.7 Å². The van der Waals surface area contributed by atoms with Gasteiger partial charge in [0.15, 0.2) is 0 Å². The second-order valence-corrected chi connectivity index (χ2v) is 7.23. The lowest BCUT2D eigenvalue weighted by Crippen LogP contribution is -2.27. The molecule has 1 heterocycles. The van der Waals surface area contributed by atoms with Crippen LogP contribution in [0.4, 0.5) is 5.69 Å². The highest BCUT2D eigenvalue weighted by molar-refractivity contribution is 6.05. The van der Waals surface area contributed by atoms with Gasteiger partial charge in [0.05, 0.1) is 6.04 Å². The molecule has 0 aliphatic rings. The first-order chi connectivity index (χ1) is 14.0.